The number of benzene rings is 2. The van der Waals surface area contributed by atoms with Crippen LogP contribution in [0.3, 0.4) is 0 Å². The Morgan fingerprint density at radius 2 is 1.32 bits per heavy atom. The van der Waals surface area contributed by atoms with Crippen molar-refractivity contribution in [3.8, 4) is 22.6 Å². The largest absolute Gasteiger partial charge is 0.490 e. The fourth-order valence-electron chi connectivity index (χ4n) is 5.73. The minimum absolute atomic E-state index is 0.0537. The first-order chi connectivity index (χ1) is 19.5. The van der Waals surface area contributed by atoms with Gasteiger partial charge in [-0.15, -0.1) is 0 Å². The Hall–Kier alpha value is -2.43. The average Bonchev–Trinajstić information content (AvgIpc) is 2.97. The van der Waals surface area contributed by atoms with E-state index in [0.717, 1.165) is 50.9 Å². The Labute approximate surface area is 241 Å². The molecule has 1 fully saturated rings. The lowest BCUT2D eigenvalue weighted by atomic mass is 9.80. The van der Waals surface area contributed by atoms with Crippen molar-refractivity contribution in [3.05, 3.63) is 48.0 Å². The summed E-state index contributed by atoms with van der Waals surface area (Å²) in [4.78, 5) is 12.8. The molecule has 0 amide bonds. The van der Waals surface area contributed by atoms with Crippen molar-refractivity contribution in [2.45, 2.75) is 123 Å². The number of carbonyl (C=O) groups excluding carboxylic acids is 1. The Morgan fingerprint density at radius 3 is 1.98 bits per heavy atom. The van der Waals surface area contributed by atoms with E-state index in [1.807, 2.05) is 0 Å². The summed E-state index contributed by atoms with van der Waals surface area (Å²) in [7, 11) is 0. The molecular formula is C35H50F2O3. The van der Waals surface area contributed by atoms with Gasteiger partial charge in [-0.25, -0.2) is 4.39 Å². The Bertz CT molecular complexity index is 996. The van der Waals surface area contributed by atoms with Crippen LogP contribution in [0.4, 0.5) is 8.78 Å². The highest BCUT2D eigenvalue weighted by Gasteiger charge is 2.27. The van der Waals surface area contributed by atoms with E-state index in [4.69, 9.17) is 9.47 Å². The van der Waals surface area contributed by atoms with Crippen LogP contribution in [0.5, 0.6) is 11.5 Å². The SMILES string of the molecule is CCCCCCCCOc1ccc(-c2ccc(OC(=O)[C@H]3CC[C@H](CCCCCCCC)CC3)cc2)c(F)c1F. The topological polar surface area (TPSA) is 35.5 Å². The van der Waals surface area contributed by atoms with Crippen LogP contribution in [0.2, 0.25) is 0 Å². The van der Waals surface area contributed by atoms with Crippen molar-refractivity contribution in [2.24, 2.45) is 11.8 Å². The first-order valence-electron chi connectivity index (χ1n) is 16.0. The Kier molecular flexibility index (Phi) is 14.5. The molecule has 0 N–H and O–H groups in total. The molecule has 3 rings (SSSR count). The van der Waals surface area contributed by atoms with Crippen molar-refractivity contribution in [3.63, 3.8) is 0 Å². The summed E-state index contributed by atoms with van der Waals surface area (Å²) in [6.45, 7) is 4.80. The van der Waals surface area contributed by atoms with E-state index in [9.17, 15) is 13.6 Å². The number of halogens is 2. The minimum atomic E-state index is -0.967. The van der Waals surface area contributed by atoms with Crippen molar-refractivity contribution >= 4 is 5.97 Å². The van der Waals surface area contributed by atoms with Crippen LogP contribution in [-0.4, -0.2) is 12.6 Å². The van der Waals surface area contributed by atoms with E-state index >= 15 is 0 Å². The molecule has 0 heterocycles. The van der Waals surface area contributed by atoms with E-state index in [2.05, 4.69) is 13.8 Å². The summed E-state index contributed by atoms with van der Waals surface area (Å²) < 4.78 is 40.7. The predicted molar refractivity (Wildman–Crippen MR) is 160 cm³/mol. The molecule has 222 valence electrons. The van der Waals surface area contributed by atoms with Gasteiger partial charge in [0.15, 0.2) is 11.6 Å². The number of carbonyl (C=O) groups is 1. The summed E-state index contributed by atoms with van der Waals surface area (Å²) in [5.41, 5.74) is 0.680. The van der Waals surface area contributed by atoms with Gasteiger partial charge in [0.25, 0.3) is 0 Å². The van der Waals surface area contributed by atoms with Gasteiger partial charge in [-0.1, -0.05) is 103 Å². The highest BCUT2D eigenvalue weighted by Crippen LogP contribution is 2.34. The van der Waals surface area contributed by atoms with Gasteiger partial charge in [0.05, 0.1) is 12.5 Å². The molecule has 0 aliphatic heterocycles. The zero-order chi connectivity index (χ0) is 28.6. The average molecular weight is 557 g/mol. The summed E-state index contributed by atoms with van der Waals surface area (Å²) >= 11 is 0. The van der Waals surface area contributed by atoms with E-state index < -0.39 is 11.6 Å². The maximum absolute atomic E-state index is 14.9. The standard InChI is InChI=1S/C35H50F2O3/c1-3-5-7-9-11-13-15-27-16-18-29(19-17-27)35(38)40-30-22-20-28(21-23-30)31-24-25-32(34(37)33(31)36)39-26-14-12-10-8-6-4-2/h20-25,27,29H,3-19,26H2,1-2H3/t27-,29-. The van der Waals surface area contributed by atoms with Crippen LogP contribution < -0.4 is 9.47 Å². The first-order valence-corrected chi connectivity index (χ1v) is 16.0. The second kappa shape index (κ2) is 18.1. The van der Waals surface area contributed by atoms with Gasteiger partial charge in [-0.2, -0.15) is 4.39 Å². The smallest absolute Gasteiger partial charge is 0.314 e. The fraction of sp³-hybridized carbons (Fsp3) is 0.629. The van der Waals surface area contributed by atoms with Gasteiger partial charge in [0.2, 0.25) is 5.82 Å². The molecule has 0 aromatic heterocycles. The number of esters is 1. The van der Waals surface area contributed by atoms with Crippen LogP contribution in [0.1, 0.15) is 123 Å². The van der Waals surface area contributed by atoms with Gasteiger partial charge in [0.1, 0.15) is 5.75 Å². The van der Waals surface area contributed by atoms with Crippen LogP contribution in [0, 0.1) is 23.5 Å². The minimum Gasteiger partial charge on any atom is -0.490 e. The monoisotopic (exact) mass is 556 g/mol. The highest BCUT2D eigenvalue weighted by molar-refractivity contribution is 5.75. The van der Waals surface area contributed by atoms with E-state index in [1.165, 1.54) is 70.3 Å². The maximum atomic E-state index is 14.9. The molecule has 5 heteroatoms. The quantitative estimate of drug-likeness (QED) is 0.104. The Morgan fingerprint density at radius 1 is 0.725 bits per heavy atom. The lowest BCUT2D eigenvalue weighted by Crippen LogP contribution is -2.25. The third-order valence-electron chi connectivity index (χ3n) is 8.33. The third kappa shape index (κ3) is 10.5. The van der Waals surface area contributed by atoms with Gasteiger partial charge >= 0.3 is 5.97 Å². The number of hydrogen-bond acceptors (Lipinski definition) is 3. The molecule has 0 bridgehead atoms. The second-order valence-electron chi connectivity index (χ2n) is 11.6. The highest BCUT2D eigenvalue weighted by atomic mass is 19.2. The van der Waals surface area contributed by atoms with Gasteiger partial charge in [-0.05, 0) is 67.9 Å². The number of unbranched alkanes of at least 4 members (excludes halogenated alkanes) is 10. The molecular weight excluding hydrogens is 506 g/mol. The molecule has 0 spiro atoms. The van der Waals surface area contributed by atoms with Crippen LogP contribution in [0.25, 0.3) is 11.1 Å². The van der Waals surface area contributed by atoms with Gasteiger partial charge in [0, 0.05) is 5.56 Å². The molecule has 40 heavy (non-hydrogen) atoms. The number of ether oxygens (including phenoxy) is 2. The van der Waals surface area contributed by atoms with Crippen LogP contribution in [0.15, 0.2) is 36.4 Å². The first kappa shape index (κ1) is 32.1. The van der Waals surface area contributed by atoms with Gasteiger partial charge < -0.3 is 9.47 Å². The zero-order valence-electron chi connectivity index (χ0n) is 24.8. The van der Waals surface area contributed by atoms with Gasteiger partial charge in [-0.3, -0.25) is 4.79 Å². The van der Waals surface area contributed by atoms with Crippen LogP contribution in [-0.2, 0) is 4.79 Å². The Balaban J connectivity index is 1.42. The van der Waals surface area contributed by atoms with Crippen molar-refractivity contribution in [1.29, 1.82) is 0 Å². The van der Waals surface area contributed by atoms with Crippen LogP contribution >= 0.6 is 0 Å². The molecule has 3 nitrogen and oxygen atoms in total. The molecule has 2 aromatic carbocycles. The molecule has 1 aliphatic carbocycles. The number of hydrogen-bond donors (Lipinski definition) is 0. The third-order valence-corrected chi connectivity index (χ3v) is 8.33. The number of rotatable bonds is 18. The molecule has 0 radical (unpaired) electrons. The summed E-state index contributed by atoms with van der Waals surface area (Å²) in [5, 5.41) is 0. The van der Waals surface area contributed by atoms with E-state index in [0.29, 0.717) is 17.9 Å². The normalized spacial score (nSPS) is 17.1. The van der Waals surface area contributed by atoms with Crippen molar-refractivity contribution < 1.29 is 23.0 Å². The molecule has 2 aromatic rings. The molecule has 1 saturated carbocycles. The van der Waals surface area contributed by atoms with E-state index in [-0.39, 0.29) is 23.2 Å². The lowest BCUT2D eigenvalue weighted by molar-refractivity contribution is -0.140. The summed E-state index contributed by atoms with van der Waals surface area (Å²) in [5.74, 6) is -1.03. The van der Waals surface area contributed by atoms with Crippen molar-refractivity contribution in [1.82, 2.24) is 0 Å². The lowest BCUT2D eigenvalue weighted by Gasteiger charge is -2.27. The van der Waals surface area contributed by atoms with E-state index in [1.54, 1.807) is 30.3 Å². The fourth-order valence-corrected chi connectivity index (χ4v) is 5.73. The molecule has 0 saturated heterocycles. The summed E-state index contributed by atoms with van der Waals surface area (Å²) in [6, 6.07) is 9.65. The second-order valence-corrected chi connectivity index (χ2v) is 11.6. The van der Waals surface area contributed by atoms with Crippen molar-refractivity contribution in [2.75, 3.05) is 6.61 Å². The molecule has 0 atom stereocenters. The maximum Gasteiger partial charge on any atom is 0.314 e. The molecule has 0 unspecified atom stereocenters. The predicted octanol–water partition coefficient (Wildman–Crippen LogP) is 10.8. The molecule has 1 aliphatic rings. The zero-order valence-corrected chi connectivity index (χ0v) is 24.8. The summed E-state index contributed by atoms with van der Waals surface area (Å²) in [6.07, 6.45) is 19.8.